The molecule has 0 spiro atoms. The lowest BCUT2D eigenvalue weighted by Crippen LogP contribution is -2.14. The van der Waals surface area contributed by atoms with Crippen molar-refractivity contribution in [1.82, 2.24) is 19.7 Å². The van der Waals surface area contributed by atoms with Gasteiger partial charge in [-0.3, -0.25) is 9.67 Å². The maximum absolute atomic E-state index is 12.4. The first kappa shape index (κ1) is 17.8. The maximum Gasteiger partial charge on any atom is 0.341 e. The van der Waals surface area contributed by atoms with Crippen molar-refractivity contribution in [2.24, 2.45) is 7.05 Å². The molecule has 26 heavy (non-hydrogen) atoms. The Bertz CT molecular complexity index is 948. The first-order valence-electron chi connectivity index (χ1n) is 8.65. The third-order valence-electron chi connectivity index (χ3n) is 4.51. The number of benzene rings is 1. The van der Waals surface area contributed by atoms with Gasteiger partial charge in [0.25, 0.3) is 0 Å². The second-order valence-corrected chi connectivity index (χ2v) is 6.15. The Labute approximate surface area is 152 Å². The molecule has 0 radical (unpaired) electrons. The minimum Gasteiger partial charge on any atom is -0.462 e. The Hall–Kier alpha value is -2.96. The molecule has 136 valence electrons. The van der Waals surface area contributed by atoms with Crippen LogP contribution >= 0.6 is 0 Å². The fourth-order valence-corrected chi connectivity index (χ4v) is 2.91. The quantitative estimate of drug-likeness (QED) is 0.686. The van der Waals surface area contributed by atoms with Crippen LogP contribution in [0.5, 0.6) is 0 Å². The number of aryl methyl sites for hydroxylation is 3. The summed E-state index contributed by atoms with van der Waals surface area (Å²) >= 11 is 0. The lowest BCUT2D eigenvalue weighted by molar-refractivity contribution is 0.0527. The average molecular weight is 353 g/mol. The van der Waals surface area contributed by atoms with Crippen LogP contribution in [0, 0.1) is 13.8 Å². The molecule has 2 aromatic heterocycles. The van der Waals surface area contributed by atoms with Crippen LogP contribution in [0.4, 0.5) is 5.69 Å². The number of nitrogens with one attached hydrogen (secondary N) is 1. The van der Waals surface area contributed by atoms with E-state index in [9.17, 15) is 4.79 Å². The normalized spacial score (nSPS) is 10.9. The fourth-order valence-electron chi connectivity index (χ4n) is 2.91. The summed E-state index contributed by atoms with van der Waals surface area (Å²) in [6.45, 7) is 6.82. The molecule has 7 nitrogen and oxygen atoms in total. The number of esters is 1. The number of carbonyl (C=O) groups is 1. The minimum atomic E-state index is -0.374. The Kier molecular flexibility index (Phi) is 5.16. The summed E-state index contributed by atoms with van der Waals surface area (Å²) in [5, 5.41) is 8.38. The van der Waals surface area contributed by atoms with Crippen molar-refractivity contribution in [3.05, 3.63) is 47.2 Å². The number of fused-ring (bicyclic) bond motifs is 1. The number of nitrogens with zero attached hydrogens (tertiary/aromatic N) is 4. The molecule has 0 bridgehead atoms. The van der Waals surface area contributed by atoms with E-state index in [-0.39, 0.29) is 5.97 Å². The van der Waals surface area contributed by atoms with Crippen molar-refractivity contribution in [1.29, 1.82) is 0 Å². The average Bonchev–Trinajstić information content (AvgIpc) is 3.03. The van der Waals surface area contributed by atoms with Gasteiger partial charge in [0, 0.05) is 31.6 Å². The molecule has 0 aliphatic rings. The second-order valence-electron chi connectivity index (χ2n) is 6.15. The Morgan fingerprint density at radius 1 is 1.27 bits per heavy atom. The van der Waals surface area contributed by atoms with Gasteiger partial charge in [0.05, 0.1) is 17.8 Å². The summed E-state index contributed by atoms with van der Waals surface area (Å²) in [6, 6.07) is 4.04. The van der Waals surface area contributed by atoms with Crippen molar-refractivity contribution >= 4 is 22.6 Å². The van der Waals surface area contributed by atoms with Gasteiger partial charge in [0.2, 0.25) is 0 Å². The zero-order valence-corrected chi connectivity index (χ0v) is 15.5. The van der Waals surface area contributed by atoms with Gasteiger partial charge in [-0.2, -0.15) is 5.10 Å². The van der Waals surface area contributed by atoms with E-state index in [0.717, 1.165) is 28.0 Å². The Morgan fingerprint density at radius 2 is 2.08 bits per heavy atom. The van der Waals surface area contributed by atoms with Crippen LogP contribution in [0.15, 0.2) is 24.7 Å². The Balaban J connectivity index is 1.98. The van der Waals surface area contributed by atoms with Gasteiger partial charge in [-0.15, -0.1) is 0 Å². The topological polar surface area (TPSA) is 81.9 Å². The van der Waals surface area contributed by atoms with Crippen molar-refractivity contribution < 1.29 is 9.53 Å². The van der Waals surface area contributed by atoms with Gasteiger partial charge in [-0.1, -0.05) is 12.1 Å². The van der Waals surface area contributed by atoms with Crippen LogP contribution in [0.3, 0.4) is 0 Å². The second kappa shape index (κ2) is 7.51. The smallest absolute Gasteiger partial charge is 0.341 e. The molecule has 1 aromatic carbocycles. The summed E-state index contributed by atoms with van der Waals surface area (Å²) in [5.74, 6) is 0.502. The number of carbonyl (C=O) groups excluding carboxylic acids is 1. The van der Waals surface area contributed by atoms with Gasteiger partial charge in [-0.25, -0.2) is 9.78 Å². The number of rotatable bonds is 6. The molecule has 0 aliphatic heterocycles. The molecule has 7 heteroatoms. The zero-order chi connectivity index (χ0) is 18.7. The predicted molar refractivity (Wildman–Crippen MR) is 100 cm³/mol. The van der Waals surface area contributed by atoms with Gasteiger partial charge in [0.15, 0.2) is 0 Å². The molecule has 0 atom stereocenters. The van der Waals surface area contributed by atoms with Crippen LogP contribution in [0.2, 0.25) is 0 Å². The molecular formula is C19H23N5O2. The number of pyridine rings is 1. The van der Waals surface area contributed by atoms with Crippen LogP contribution in [-0.4, -0.2) is 38.9 Å². The molecule has 0 fully saturated rings. The van der Waals surface area contributed by atoms with E-state index in [1.165, 1.54) is 11.9 Å². The van der Waals surface area contributed by atoms with Gasteiger partial charge in [-0.05, 0) is 31.9 Å². The molecule has 1 N–H and O–H groups in total. The van der Waals surface area contributed by atoms with Crippen molar-refractivity contribution in [2.75, 3.05) is 18.5 Å². The highest BCUT2D eigenvalue weighted by atomic mass is 16.5. The zero-order valence-electron chi connectivity index (χ0n) is 15.5. The lowest BCUT2D eigenvalue weighted by Gasteiger charge is -2.15. The number of hydrogen-bond acceptors (Lipinski definition) is 6. The standard InChI is InChI=1S/C19H23N5O2/c1-5-26-19(25)15-10-21-17-13(3)12(2)6-7-14(17)18(15)20-9-8-16-22-11-23-24(16)4/h6-7,10-11H,5,8-9H2,1-4H3,(H,20,21). The highest BCUT2D eigenvalue weighted by molar-refractivity contribution is 6.05. The third-order valence-corrected chi connectivity index (χ3v) is 4.51. The molecule has 3 aromatic rings. The van der Waals surface area contributed by atoms with Gasteiger partial charge in [0.1, 0.15) is 17.7 Å². The summed E-state index contributed by atoms with van der Waals surface area (Å²) in [6.07, 6.45) is 3.82. The molecule has 0 aliphatic carbocycles. The summed E-state index contributed by atoms with van der Waals surface area (Å²) in [5.41, 5.74) is 4.35. The largest absolute Gasteiger partial charge is 0.462 e. The van der Waals surface area contributed by atoms with E-state index in [1.807, 2.05) is 26.1 Å². The molecule has 0 unspecified atom stereocenters. The molecule has 0 saturated carbocycles. The van der Waals surface area contributed by atoms with Crippen LogP contribution in [0.25, 0.3) is 10.9 Å². The highest BCUT2D eigenvalue weighted by Gasteiger charge is 2.18. The first-order chi connectivity index (χ1) is 12.5. The Morgan fingerprint density at radius 3 is 2.77 bits per heavy atom. The maximum atomic E-state index is 12.4. The van der Waals surface area contributed by atoms with E-state index >= 15 is 0 Å². The number of anilines is 1. The van der Waals surface area contributed by atoms with Crippen molar-refractivity contribution in [3.63, 3.8) is 0 Å². The molecule has 2 heterocycles. The van der Waals surface area contributed by atoms with E-state index in [4.69, 9.17) is 4.74 Å². The molecule has 0 amide bonds. The lowest BCUT2D eigenvalue weighted by atomic mass is 10.0. The summed E-state index contributed by atoms with van der Waals surface area (Å²) in [4.78, 5) is 21.1. The van der Waals surface area contributed by atoms with Crippen molar-refractivity contribution in [3.8, 4) is 0 Å². The summed E-state index contributed by atoms with van der Waals surface area (Å²) in [7, 11) is 1.86. The fraction of sp³-hybridized carbons (Fsp3) is 0.368. The number of aromatic nitrogens is 4. The van der Waals surface area contributed by atoms with E-state index in [1.54, 1.807) is 17.8 Å². The third kappa shape index (κ3) is 3.37. The van der Waals surface area contributed by atoms with E-state index in [2.05, 4.69) is 27.3 Å². The van der Waals surface area contributed by atoms with E-state index in [0.29, 0.717) is 25.1 Å². The minimum absolute atomic E-state index is 0.322. The van der Waals surface area contributed by atoms with Gasteiger partial charge < -0.3 is 10.1 Å². The SMILES string of the molecule is CCOC(=O)c1cnc2c(C)c(C)ccc2c1NCCc1ncnn1C. The van der Waals surface area contributed by atoms with Gasteiger partial charge >= 0.3 is 5.97 Å². The molecule has 3 rings (SSSR count). The monoisotopic (exact) mass is 353 g/mol. The molecule has 0 saturated heterocycles. The number of hydrogen-bond donors (Lipinski definition) is 1. The van der Waals surface area contributed by atoms with Crippen LogP contribution < -0.4 is 5.32 Å². The number of ether oxygens (including phenoxy) is 1. The van der Waals surface area contributed by atoms with Crippen molar-refractivity contribution in [2.45, 2.75) is 27.2 Å². The predicted octanol–water partition coefficient (Wildman–Crippen LogP) is 2.81. The summed E-state index contributed by atoms with van der Waals surface area (Å²) < 4.78 is 6.94. The van der Waals surface area contributed by atoms with Crippen LogP contribution in [-0.2, 0) is 18.2 Å². The molecular weight excluding hydrogens is 330 g/mol. The van der Waals surface area contributed by atoms with E-state index < -0.39 is 0 Å². The highest BCUT2D eigenvalue weighted by Crippen LogP contribution is 2.29. The van der Waals surface area contributed by atoms with Crippen LogP contribution in [0.1, 0.15) is 34.2 Å². The first-order valence-corrected chi connectivity index (χ1v) is 8.65.